The van der Waals surface area contributed by atoms with Gasteiger partial charge in [0.05, 0.1) is 0 Å². The number of thioether (sulfide) groups is 1. The Morgan fingerprint density at radius 1 is 1.86 bits per heavy atom. The van der Waals surface area contributed by atoms with Gasteiger partial charge in [0.15, 0.2) is 5.17 Å². The van der Waals surface area contributed by atoms with Crippen LogP contribution in [0.5, 0.6) is 0 Å². The van der Waals surface area contributed by atoms with Gasteiger partial charge in [-0.05, 0) is 6.26 Å². The SMILES string of the molecule is CS/C(=N/N)NN. The summed E-state index contributed by atoms with van der Waals surface area (Å²) < 4.78 is 0. The monoisotopic (exact) mass is 120 g/mol. The van der Waals surface area contributed by atoms with E-state index in [1.807, 2.05) is 6.26 Å². The Morgan fingerprint density at radius 2 is 2.43 bits per heavy atom. The molecule has 0 radical (unpaired) electrons. The van der Waals surface area contributed by atoms with Gasteiger partial charge in [-0.25, -0.2) is 5.84 Å². The third-order valence-corrected chi connectivity index (χ3v) is 1.04. The van der Waals surface area contributed by atoms with Crippen LogP contribution in [0, 0.1) is 0 Å². The average Bonchev–Trinajstić information content (AvgIpc) is 1.72. The first kappa shape index (κ1) is 6.58. The van der Waals surface area contributed by atoms with Gasteiger partial charge in [-0.1, -0.05) is 11.8 Å². The molecule has 0 unspecified atom stereocenters. The minimum absolute atomic E-state index is 0.528. The van der Waals surface area contributed by atoms with Crippen LogP contribution in [0.1, 0.15) is 0 Å². The van der Waals surface area contributed by atoms with Gasteiger partial charge in [-0.15, -0.1) is 0 Å². The summed E-state index contributed by atoms with van der Waals surface area (Å²) in [5.74, 6) is 9.73. The van der Waals surface area contributed by atoms with E-state index in [0.29, 0.717) is 5.17 Å². The first-order valence-electron chi connectivity index (χ1n) is 1.63. The molecule has 0 aliphatic rings. The highest BCUT2D eigenvalue weighted by Crippen LogP contribution is 1.88. The molecule has 0 amide bonds. The lowest BCUT2D eigenvalue weighted by molar-refractivity contribution is 1.03. The van der Waals surface area contributed by atoms with E-state index in [1.165, 1.54) is 11.8 Å². The van der Waals surface area contributed by atoms with Crippen molar-refractivity contribution in [1.82, 2.24) is 5.43 Å². The molecule has 0 saturated carbocycles. The van der Waals surface area contributed by atoms with Crippen LogP contribution in [-0.4, -0.2) is 11.4 Å². The molecule has 0 atom stereocenters. The van der Waals surface area contributed by atoms with Gasteiger partial charge in [0.1, 0.15) is 0 Å². The molecular formula is C2H8N4S. The van der Waals surface area contributed by atoms with Gasteiger partial charge in [0.25, 0.3) is 0 Å². The zero-order valence-electron chi connectivity index (χ0n) is 4.01. The van der Waals surface area contributed by atoms with E-state index >= 15 is 0 Å². The van der Waals surface area contributed by atoms with Crippen molar-refractivity contribution in [2.45, 2.75) is 0 Å². The second kappa shape index (κ2) is 3.76. The van der Waals surface area contributed by atoms with Crippen molar-refractivity contribution in [2.75, 3.05) is 6.26 Å². The maximum Gasteiger partial charge on any atom is 0.193 e. The molecule has 0 bridgehead atoms. The van der Waals surface area contributed by atoms with Crippen LogP contribution in [0.3, 0.4) is 0 Å². The van der Waals surface area contributed by atoms with Gasteiger partial charge in [-0.2, -0.15) is 5.10 Å². The number of hydrogen-bond donors (Lipinski definition) is 3. The van der Waals surface area contributed by atoms with Gasteiger partial charge in [-0.3, -0.25) is 0 Å². The van der Waals surface area contributed by atoms with Crippen molar-refractivity contribution in [3.05, 3.63) is 0 Å². The van der Waals surface area contributed by atoms with Crippen molar-refractivity contribution < 1.29 is 0 Å². The molecule has 42 valence electrons. The molecule has 0 fully saturated rings. The Balaban J connectivity index is 3.38. The predicted molar refractivity (Wildman–Crippen MR) is 32.5 cm³/mol. The van der Waals surface area contributed by atoms with Crippen molar-refractivity contribution in [1.29, 1.82) is 0 Å². The molecule has 5 heteroatoms. The summed E-state index contributed by atoms with van der Waals surface area (Å²) in [5.41, 5.74) is 2.29. The van der Waals surface area contributed by atoms with Crippen LogP contribution in [-0.2, 0) is 0 Å². The van der Waals surface area contributed by atoms with Crippen molar-refractivity contribution in [3.8, 4) is 0 Å². The first-order chi connectivity index (χ1) is 3.35. The molecule has 0 spiro atoms. The predicted octanol–water partition coefficient (Wildman–Crippen LogP) is -0.958. The molecule has 0 aromatic carbocycles. The number of hydrazone groups is 1. The van der Waals surface area contributed by atoms with Gasteiger partial charge >= 0.3 is 0 Å². The van der Waals surface area contributed by atoms with Crippen molar-refractivity contribution in [2.24, 2.45) is 16.8 Å². The normalized spacial score (nSPS) is 11.4. The van der Waals surface area contributed by atoms with E-state index in [-0.39, 0.29) is 0 Å². The summed E-state index contributed by atoms with van der Waals surface area (Å²) in [5, 5.41) is 3.80. The molecule has 4 nitrogen and oxygen atoms in total. The smallest absolute Gasteiger partial charge is 0.193 e. The van der Waals surface area contributed by atoms with Gasteiger partial charge in [0, 0.05) is 0 Å². The summed E-state index contributed by atoms with van der Waals surface area (Å²) >= 11 is 1.36. The summed E-state index contributed by atoms with van der Waals surface area (Å²) in [6, 6.07) is 0. The van der Waals surface area contributed by atoms with Crippen LogP contribution in [0.15, 0.2) is 5.10 Å². The number of hydrazine groups is 1. The molecule has 5 N–H and O–H groups in total. The lowest BCUT2D eigenvalue weighted by atomic mass is 11.3. The van der Waals surface area contributed by atoms with E-state index in [0.717, 1.165) is 0 Å². The fourth-order valence-corrected chi connectivity index (χ4v) is 0.372. The largest absolute Gasteiger partial charge is 0.321 e. The third-order valence-electron chi connectivity index (χ3n) is 0.434. The lowest BCUT2D eigenvalue weighted by Crippen LogP contribution is -2.28. The molecule has 0 heterocycles. The molecule has 7 heavy (non-hydrogen) atoms. The zero-order chi connectivity index (χ0) is 5.70. The maximum absolute atomic E-state index is 4.91. The zero-order valence-corrected chi connectivity index (χ0v) is 4.83. The van der Waals surface area contributed by atoms with Crippen LogP contribution in [0.2, 0.25) is 0 Å². The molecule has 0 aromatic rings. The second-order valence-electron chi connectivity index (χ2n) is 0.783. The number of nitrogens with two attached hydrogens (primary N) is 2. The fraction of sp³-hybridized carbons (Fsp3) is 0.500. The van der Waals surface area contributed by atoms with Crippen LogP contribution in [0.25, 0.3) is 0 Å². The van der Waals surface area contributed by atoms with E-state index in [4.69, 9.17) is 11.7 Å². The number of nitrogens with one attached hydrogen (secondary N) is 1. The summed E-state index contributed by atoms with van der Waals surface area (Å²) in [7, 11) is 0. The fourth-order valence-electron chi connectivity index (χ4n) is 0.149. The van der Waals surface area contributed by atoms with E-state index in [2.05, 4.69) is 10.5 Å². The molecule has 0 aromatic heterocycles. The Labute approximate surface area is 46.3 Å². The summed E-state index contributed by atoms with van der Waals surface area (Å²) in [6.45, 7) is 0. The topological polar surface area (TPSA) is 76.4 Å². The van der Waals surface area contributed by atoms with Gasteiger partial charge in [0.2, 0.25) is 0 Å². The summed E-state index contributed by atoms with van der Waals surface area (Å²) in [6.07, 6.45) is 1.82. The Hall–Kier alpha value is -0.420. The van der Waals surface area contributed by atoms with Crippen LogP contribution < -0.4 is 17.1 Å². The highest BCUT2D eigenvalue weighted by atomic mass is 32.2. The van der Waals surface area contributed by atoms with E-state index in [9.17, 15) is 0 Å². The average molecular weight is 120 g/mol. The molecule has 0 aliphatic carbocycles. The minimum atomic E-state index is 0.528. The Kier molecular flexibility index (Phi) is 3.53. The molecule has 0 aliphatic heterocycles. The minimum Gasteiger partial charge on any atom is -0.321 e. The molecule has 0 rings (SSSR count). The Morgan fingerprint density at radius 3 is 2.43 bits per heavy atom. The lowest BCUT2D eigenvalue weighted by Gasteiger charge is -1.94. The number of rotatable bonds is 0. The van der Waals surface area contributed by atoms with Crippen molar-refractivity contribution in [3.63, 3.8) is 0 Å². The van der Waals surface area contributed by atoms with Crippen LogP contribution >= 0.6 is 11.8 Å². The quantitative estimate of drug-likeness (QED) is 0.166. The first-order valence-corrected chi connectivity index (χ1v) is 2.86. The molecular weight excluding hydrogens is 112 g/mol. The van der Waals surface area contributed by atoms with E-state index in [1.54, 1.807) is 0 Å². The van der Waals surface area contributed by atoms with Gasteiger partial charge < -0.3 is 11.3 Å². The maximum atomic E-state index is 4.91. The number of amidine groups is 1. The highest BCUT2D eigenvalue weighted by Gasteiger charge is 1.84. The number of hydrogen-bond acceptors (Lipinski definition) is 4. The summed E-state index contributed by atoms with van der Waals surface area (Å²) in [4.78, 5) is 0. The Bertz CT molecular complexity index is 64.1. The highest BCUT2D eigenvalue weighted by molar-refractivity contribution is 8.13. The van der Waals surface area contributed by atoms with E-state index < -0.39 is 0 Å². The second-order valence-corrected chi connectivity index (χ2v) is 1.58. The number of nitrogens with zero attached hydrogens (tertiary/aromatic N) is 1. The van der Waals surface area contributed by atoms with Crippen molar-refractivity contribution >= 4 is 16.9 Å². The van der Waals surface area contributed by atoms with Crippen LogP contribution in [0.4, 0.5) is 0 Å². The third kappa shape index (κ3) is 2.30. The standard InChI is InChI=1S/C2H8N4S/c1-7-2(5-3)6-4/h3-4H2,1H3,(H,5,6). The molecule has 0 saturated heterocycles.